The minimum atomic E-state index is -5.08. The Hall–Kier alpha value is -1.58. The number of nitrogens with zero attached hydrogens (tertiary/aromatic N) is 1. The highest BCUT2D eigenvalue weighted by Crippen LogP contribution is 2.45. The minimum absolute atomic E-state index is 0.434. The van der Waals surface area contributed by atoms with Crippen molar-refractivity contribution < 1.29 is 37.0 Å². The summed E-state index contributed by atoms with van der Waals surface area (Å²) < 4.78 is 48.9. The van der Waals surface area contributed by atoms with E-state index in [4.69, 9.17) is 23.8 Å². The van der Waals surface area contributed by atoms with E-state index in [1.165, 1.54) is 19.3 Å². The van der Waals surface area contributed by atoms with Gasteiger partial charge in [-0.25, -0.2) is 4.79 Å². The van der Waals surface area contributed by atoms with E-state index in [0.717, 1.165) is 57.6 Å². The number of carbonyl (C=O) groups is 1. The zero-order valence-corrected chi connectivity index (χ0v) is 17.0. The Balaban J connectivity index is 0.000000370. The van der Waals surface area contributed by atoms with Crippen molar-refractivity contribution in [1.82, 2.24) is 4.90 Å². The molecule has 1 aromatic heterocycles. The topological polar surface area (TPSA) is 72.1 Å². The molecule has 2 saturated heterocycles. The average molecular weight is 421 g/mol. The summed E-state index contributed by atoms with van der Waals surface area (Å²) >= 11 is 0. The number of furan rings is 1. The lowest BCUT2D eigenvalue weighted by molar-refractivity contribution is -0.192. The number of hydrogen-bond donors (Lipinski definition) is 1. The van der Waals surface area contributed by atoms with Gasteiger partial charge in [-0.1, -0.05) is 0 Å². The van der Waals surface area contributed by atoms with Crippen molar-refractivity contribution in [2.24, 2.45) is 11.3 Å². The Kier molecular flexibility index (Phi) is 8.54. The highest BCUT2D eigenvalue weighted by atomic mass is 19.4. The maximum atomic E-state index is 10.6. The second-order valence-electron chi connectivity index (χ2n) is 7.64. The van der Waals surface area contributed by atoms with Crippen LogP contribution in [0.2, 0.25) is 0 Å². The van der Waals surface area contributed by atoms with E-state index in [2.05, 4.69) is 24.0 Å². The van der Waals surface area contributed by atoms with Crippen molar-refractivity contribution in [3.63, 3.8) is 0 Å². The predicted molar refractivity (Wildman–Crippen MR) is 99.5 cm³/mol. The molecule has 0 amide bonds. The Morgan fingerprint density at radius 2 is 1.97 bits per heavy atom. The molecule has 2 aliphatic rings. The molecule has 1 atom stereocenters. The SMILES string of the molecule is CCOCC1COCCC12CCN(Cc1ccc(C)o1)CC2.O=C(O)C(F)(F)F. The monoisotopic (exact) mass is 421 g/mol. The van der Waals surface area contributed by atoms with Crippen LogP contribution in [0.25, 0.3) is 0 Å². The molecule has 1 N–H and O–H groups in total. The average Bonchev–Trinajstić information content (AvgIpc) is 3.07. The number of likely N-dealkylation sites (tertiary alicyclic amines) is 1. The van der Waals surface area contributed by atoms with Gasteiger partial charge in [-0.2, -0.15) is 13.2 Å². The first-order valence-corrected chi connectivity index (χ1v) is 9.89. The molecule has 0 aliphatic carbocycles. The molecular weight excluding hydrogens is 391 g/mol. The van der Waals surface area contributed by atoms with Gasteiger partial charge in [0, 0.05) is 19.1 Å². The number of rotatable bonds is 5. The van der Waals surface area contributed by atoms with Gasteiger partial charge < -0.3 is 19.0 Å². The van der Waals surface area contributed by atoms with Gasteiger partial charge in [-0.05, 0) is 63.7 Å². The van der Waals surface area contributed by atoms with Gasteiger partial charge in [0.05, 0.1) is 19.8 Å². The summed E-state index contributed by atoms with van der Waals surface area (Å²) in [5.41, 5.74) is 0.434. The van der Waals surface area contributed by atoms with E-state index < -0.39 is 12.1 Å². The Labute approximate surface area is 168 Å². The lowest BCUT2D eigenvalue weighted by Crippen LogP contribution is -2.49. The summed E-state index contributed by atoms with van der Waals surface area (Å²) in [6.45, 7) is 10.8. The van der Waals surface area contributed by atoms with Crippen LogP contribution < -0.4 is 0 Å². The third kappa shape index (κ3) is 7.01. The summed E-state index contributed by atoms with van der Waals surface area (Å²) in [7, 11) is 0. The molecule has 3 heterocycles. The standard InChI is InChI=1S/C18H29NO3.C2HF3O2/c1-3-20-13-16-14-21-11-8-18(16)6-9-19(10-7-18)12-17-5-4-15(2)22-17;3-2(4,5)1(6)7/h4-5,16H,3,6-14H2,1-2H3;(H,6,7). The molecule has 2 aliphatic heterocycles. The zero-order chi connectivity index (χ0) is 21.5. The number of carboxylic acid groups (broad SMARTS) is 1. The predicted octanol–water partition coefficient (Wildman–Crippen LogP) is 3.88. The zero-order valence-electron chi connectivity index (χ0n) is 17.0. The number of halogens is 3. The van der Waals surface area contributed by atoms with Crippen LogP contribution in [0, 0.1) is 18.3 Å². The smallest absolute Gasteiger partial charge is 0.475 e. The highest BCUT2D eigenvalue weighted by molar-refractivity contribution is 5.73. The minimum Gasteiger partial charge on any atom is -0.475 e. The summed E-state index contributed by atoms with van der Waals surface area (Å²) in [6, 6.07) is 4.16. The van der Waals surface area contributed by atoms with E-state index in [-0.39, 0.29) is 0 Å². The van der Waals surface area contributed by atoms with Crippen molar-refractivity contribution in [3.8, 4) is 0 Å². The Bertz CT molecular complexity index is 638. The first kappa shape index (κ1) is 23.7. The molecule has 6 nitrogen and oxygen atoms in total. The largest absolute Gasteiger partial charge is 0.490 e. The van der Waals surface area contributed by atoms with E-state index in [1.807, 2.05) is 6.92 Å². The summed E-state index contributed by atoms with van der Waals surface area (Å²) in [6.07, 6.45) is -1.37. The number of aryl methyl sites for hydroxylation is 1. The van der Waals surface area contributed by atoms with Crippen molar-refractivity contribution >= 4 is 5.97 Å². The van der Waals surface area contributed by atoms with Crippen LogP contribution in [-0.4, -0.2) is 61.7 Å². The lowest BCUT2D eigenvalue weighted by atomic mass is 9.66. The van der Waals surface area contributed by atoms with Gasteiger partial charge >= 0.3 is 12.1 Å². The van der Waals surface area contributed by atoms with Gasteiger partial charge in [0.15, 0.2) is 0 Å². The first-order chi connectivity index (χ1) is 13.7. The quantitative estimate of drug-likeness (QED) is 0.778. The molecular formula is C20H30F3NO5. The fourth-order valence-electron chi connectivity index (χ4n) is 3.97. The number of alkyl halides is 3. The maximum absolute atomic E-state index is 10.6. The molecule has 29 heavy (non-hydrogen) atoms. The molecule has 1 aromatic rings. The van der Waals surface area contributed by atoms with Crippen LogP contribution in [-0.2, 0) is 20.8 Å². The van der Waals surface area contributed by atoms with Crippen molar-refractivity contribution in [3.05, 3.63) is 23.7 Å². The van der Waals surface area contributed by atoms with Crippen LogP contribution in [0.15, 0.2) is 16.5 Å². The molecule has 0 radical (unpaired) electrons. The van der Waals surface area contributed by atoms with E-state index in [0.29, 0.717) is 11.3 Å². The molecule has 9 heteroatoms. The molecule has 0 bridgehead atoms. The first-order valence-electron chi connectivity index (χ1n) is 9.89. The number of hydrogen-bond acceptors (Lipinski definition) is 5. The van der Waals surface area contributed by atoms with E-state index in [9.17, 15) is 13.2 Å². The van der Waals surface area contributed by atoms with Crippen molar-refractivity contribution in [2.45, 2.75) is 45.8 Å². The van der Waals surface area contributed by atoms with E-state index >= 15 is 0 Å². The third-order valence-electron chi connectivity index (χ3n) is 5.72. The second kappa shape index (κ2) is 10.4. The molecule has 1 unspecified atom stereocenters. The van der Waals surface area contributed by atoms with Crippen LogP contribution in [0.5, 0.6) is 0 Å². The molecule has 0 aromatic carbocycles. The van der Waals surface area contributed by atoms with Gasteiger partial charge in [0.1, 0.15) is 11.5 Å². The fraction of sp³-hybridized carbons (Fsp3) is 0.750. The molecule has 3 rings (SSSR count). The van der Waals surface area contributed by atoms with Crippen LogP contribution in [0.1, 0.15) is 37.7 Å². The molecule has 166 valence electrons. The molecule has 2 fully saturated rings. The number of aliphatic carboxylic acids is 1. The third-order valence-corrected chi connectivity index (χ3v) is 5.72. The number of ether oxygens (including phenoxy) is 2. The molecule has 1 spiro atoms. The molecule has 0 saturated carbocycles. The summed E-state index contributed by atoms with van der Waals surface area (Å²) in [4.78, 5) is 11.4. The van der Waals surface area contributed by atoms with Crippen LogP contribution >= 0.6 is 0 Å². The van der Waals surface area contributed by atoms with Crippen molar-refractivity contribution in [1.29, 1.82) is 0 Å². The Morgan fingerprint density at radius 3 is 2.48 bits per heavy atom. The maximum Gasteiger partial charge on any atom is 0.490 e. The van der Waals surface area contributed by atoms with Gasteiger partial charge in [0.2, 0.25) is 0 Å². The van der Waals surface area contributed by atoms with Crippen molar-refractivity contribution in [2.75, 3.05) is 39.5 Å². The van der Waals surface area contributed by atoms with Crippen LogP contribution in [0.4, 0.5) is 13.2 Å². The van der Waals surface area contributed by atoms with Crippen LogP contribution in [0.3, 0.4) is 0 Å². The summed E-state index contributed by atoms with van der Waals surface area (Å²) in [5.74, 6) is -0.0994. The second-order valence-corrected chi connectivity index (χ2v) is 7.64. The van der Waals surface area contributed by atoms with E-state index in [1.54, 1.807) is 0 Å². The normalized spacial score (nSPS) is 22.2. The number of piperidine rings is 1. The summed E-state index contributed by atoms with van der Waals surface area (Å²) in [5, 5.41) is 7.12. The fourth-order valence-corrected chi connectivity index (χ4v) is 3.97. The van der Waals surface area contributed by atoms with Gasteiger partial charge in [-0.3, -0.25) is 4.90 Å². The lowest BCUT2D eigenvalue weighted by Gasteiger charge is -2.48. The Morgan fingerprint density at radius 1 is 1.31 bits per heavy atom. The number of carboxylic acids is 1. The van der Waals surface area contributed by atoms with Gasteiger partial charge in [-0.15, -0.1) is 0 Å². The van der Waals surface area contributed by atoms with Gasteiger partial charge in [0.25, 0.3) is 0 Å². The highest BCUT2D eigenvalue weighted by Gasteiger charge is 2.43.